The van der Waals surface area contributed by atoms with Crippen molar-refractivity contribution in [3.63, 3.8) is 0 Å². The van der Waals surface area contributed by atoms with Crippen molar-refractivity contribution in [2.45, 2.75) is 20.0 Å². The van der Waals surface area contributed by atoms with Crippen LogP contribution in [0.25, 0.3) is 0 Å². The third kappa shape index (κ3) is 3.67. The van der Waals surface area contributed by atoms with Crippen molar-refractivity contribution in [1.29, 1.82) is 0 Å². The minimum absolute atomic E-state index is 0.00340. The van der Waals surface area contributed by atoms with E-state index in [4.69, 9.17) is 22.1 Å². The van der Waals surface area contributed by atoms with Crippen LogP contribution in [0.15, 0.2) is 22.7 Å². The summed E-state index contributed by atoms with van der Waals surface area (Å²) in [4.78, 5) is 0. The van der Waals surface area contributed by atoms with Gasteiger partial charge in [0.15, 0.2) is 0 Å². The highest BCUT2D eigenvalue weighted by Crippen LogP contribution is 2.29. The summed E-state index contributed by atoms with van der Waals surface area (Å²) >= 11 is 9.38. The van der Waals surface area contributed by atoms with Gasteiger partial charge in [0.25, 0.3) is 0 Å². The van der Waals surface area contributed by atoms with E-state index < -0.39 is 0 Å². The molecular formula is C11H15BrClNO. The fourth-order valence-corrected chi connectivity index (χ4v) is 1.91. The van der Waals surface area contributed by atoms with E-state index in [1.165, 1.54) is 0 Å². The van der Waals surface area contributed by atoms with Gasteiger partial charge in [-0.3, -0.25) is 0 Å². The fourth-order valence-electron chi connectivity index (χ4n) is 1.19. The van der Waals surface area contributed by atoms with Crippen LogP contribution in [0, 0.1) is 5.92 Å². The molecule has 15 heavy (non-hydrogen) atoms. The monoisotopic (exact) mass is 291 g/mol. The van der Waals surface area contributed by atoms with Crippen LogP contribution in [0.2, 0.25) is 5.02 Å². The zero-order valence-electron chi connectivity index (χ0n) is 8.84. The highest BCUT2D eigenvalue weighted by molar-refractivity contribution is 9.10. The van der Waals surface area contributed by atoms with Gasteiger partial charge in [-0.2, -0.15) is 0 Å². The van der Waals surface area contributed by atoms with Gasteiger partial charge in [0.2, 0.25) is 0 Å². The topological polar surface area (TPSA) is 35.2 Å². The molecule has 1 aromatic rings. The Morgan fingerprint density at radius 3 is 2.60 bits per heavy atom. The molecule has 0 amide bonds. The molecule has 1 atom stereocenters. The summed E-state index contributed by atoms with van der Waals surface area (Å²) in [6.07, 6.45) is 0.00340. The van der Waals surface area contributed by atoms with Crippen molar-refractivity contribution < 1.29 is 4.74 Å². The van der Waals surface area contributed by atoms with Crippen molar-refractivity contribution in [2.24, 2.45) is 11.7 Å². The first-order valence-electron chi connectivity index (χ1n) is 4.86. The molecule has 1 aromatic carbocycles. The second kappa shape index (κ2) is 5.73. The maximum absolute atomic E-state index is 6.04. The van der Waals surface area contributed by atoms with E-state index in [0.717, 1.165) is 4.47 Å². The maximum atomic E-state index is 6.04. The standard InChI is InChI=1S/C11H15BrClNO/c1-7(2)11(6-14)15-10-4-3-8(12)5-9(10)13/h3-5,7,11H,6,14H2,1-2H3. The first-order chi connectivity index (χ1) is 7.04. The number of rotatable bonds is 4. The molecule has 1 rings (SSSR count). The molecule has 0 bridgehead atoms. The normalized spacial score (nSPS) is 12.9. The van der Waals surface area contributed by atoms with Gasteiger partial charge >= 0.3 is 0 Å². The Bertz CT molecular complexity index is 330. The molecule has 0 saturated heterocycles. The largest absolute Gasteiger partial charge is 0.487 e. The summed E-state index contributed by atoms with van der Waals surface area (Å²) in [7, 11) is 0. The van der Waals surface area contributed by atoms with Crippen LogP contribution in [0.5, 0.6) is 5.75 Å². The van der Waals surface area contributed by atoms with Gasteiger partial charge in [-0.25, -0.2) is 0 Å². The van der Waals surface area contributed by atoms with Crippen molar-refractivity contribution in [1.82, 2.24) is 0 Å². The number of halogens is 2. The highest BCUT2D eigenvalue weighted by atomic mass is 79.9. The van der Waals surface area contributed by atoms with Crippen LogP contribution in [0.1, 0.15) is 13.8 Å². The summed E-state index contributed by atoms with van der Waals surface area (Å²) in [5.74, 6) is 1.05. The molecule has 0 radical (unpaired) electrons. The average Bonchev–Trinajstić information content (AvgIpc) is 2.16. The number of nitrogens with two attached hydrogens (primary N) is 1. The molecule has 0 fully saturated rings. The van der Waals surface area contributed by atoms with Gasteiger partial charge in [-0.15, -0.1) is 0 Å². The Labute approximate surface area is 104 Å². The van der Waals surface area contributed by atoms with Crippen LogP contribution in [0.4, 0.5) is 0 Å². The summed E-state index contributed by atoms with van der Waals surface area (Å²) in [6, 6.07) is 5.55. The van der Waals surface area contributed by atoms with E-state index in [-0.39, 0.29) is 6.10 Å². The van der Waals surface area contributed by atoms with Gasteiger partial charge in [-0.1, -0.05) is 41.4 Å². The molecule has 2 N–H and O–H groups in total. The summed E-state index contributed by atoms with van der Waals surface area (Å²) < 4.78 is 6.67. The number of ether oxygens (including phenoxy) is 1. The van der Waals surface area contributed by atoms with Crippen LogP contribution >= 0.6 is 27.5 Å². The molecule has 0 aliphatic carbocycles. The van der Waals surface area contributed by atoms with E-state index >= 15 is 0 Å². The van der Waals surface area contributed by atoms with Crippen molar-refractivity contribution >= 4 is 27.5 Å². The van der Waals surface area contributed by atoms with E-state index in [1.54, 1.807) is 0 Å². The third-order valence-electron chi connectivity index (χ3n) is 2.15. The van der Waals surface area contributed by atoms with Gasteiger partial charge in [-0.05, 0) is 24.1 Å². The predicted molar refractivity (Wildman–Crippen MR) is 67.5 cm³/mol. The zero-order chi connectivity index (χ0) is 11.4. The molecule has 4 heteroatoms. The van der Waals surface area contributed by atoms with Gasteiger partial charge in [0.1, 0.15) is 11.9 Å². The lowest BCUT2D eigenvalue weighted by atomic mass is 10.1. The van der Waals surface area contributed by atoms with Crippen LogP contribution < -0.4 is 10.5 Å². The molecular weight excluding hydrogens is 277 g/mol. The summed E-state index contributed by atoms with van der Waals surface area (Å²) in [6.45, 7) is 4.64. The lowest BCUT2D eigenvalue weighted by molar-refractivity contribution is 0.159. The van der Waals surface area contributed by atoms with Crippen molar-refractivity contribution in [3.8, 4) is 5.75 Å². The van der Waals surface area contributed by atoms with Crippen LogP contribution in [-0.2, 0) is 0 Å². The summed E-state index contributed by atoms with van der Waals surface area (Å²) in [5, 5.41) is 0.600. The Kier molecular flexibility index (Phi) is 4.90. The second-order valence-electron chi connectivity index (χ2n) is 3.71. The fraction of sp³-hybridized carbons (Fsp3) is 0.455. The Morgan fingerprint density at radius 2 is 2.13 bits per heavy atom. The van der Waals surface area contributed by atoms with E-state index in [0.29, 0.717) is 23.2 Å². The number of hydrogen-bond acceptors (Lipinski definition) is 2. The molecule has 0 saturated carbocycles. The highest BCUT2D eigenvalue weighted by Gasteiger charge is 2.14. The smallest absolute Gasteiger partial charge is 0.138 e. The van der Waals surface area contributed by atoms with Crippen molar-refractivity contribution in [3.05, 3.63) is 27.7 Å². The molecule has 2 nitrogen and oxygen atoms in total. The SMILES string of the molecule is CC(C)C(CN)Oc1ccc(Br)cc1Cl. The molecule has 0 heterocycles. The van der Waals surface area contributed by atoms with E-state index in [9.17, 15) is 0 Å². The number of hydrogen-bond donors (Lipinski definition) is 1. The van der Waals surface area contributed by atoms with Crippen LogP contribution in [0.3, 0.4) is 0 Å². The second-order valence-corrected chi connectivity index (χ2v) is 5.03. The van der Waals surface area contributed by atoms with Crippen LogP contribution in [-0.4, -0.2) is 12.6 Å². The number of benzene rings is 1. The average molecular weight is 293 g/mol. The predicted octanol–water partition coefficient (Wildman–Crippen LogP) is 3.46. The Morgan fingerprint density at radius 1 is 1.47 bits per heavy atom. The van der Waals surface area contributed by atoms with E-state index in [1.807, 2.05) is 18.2 Å². The first kappa shape index (κ1) is 12.8. The molecule has 1 unspecified atom stereocenters. The molecule has 0 aromatic heterocycles. The zero-order valence-corrected chi connectivity index (χ0v) is 11.2. The summed E-state index contributed by atoms with van der Waals surface area (Å²) in [5.41, 5.74) is 5.62. The minimum atomic E-state index is 0.00340. The third-order valence-corrected chi connectivity index (χ3v) is 2.94. The maximum Gasteiger partial charge on any atom is 0.138 e. The Hall–Kier alpha value is -0.250. The van der Waals surface area contributed by atoms with Gasteiger partial charge < -0.3 is 10.5 Å². The van der Waals surface area contributed by atoms with Gasteiger partial charge in [0.05, 0.1) is 5.02 Å². The minimum Gasteiger partial charge on any atom is -0.487 e. The molecule has 0 spiro atoms. The molecule has 84 valence electrons. The van der Waals surface area contributed by atoms with E-state index in [2.05, 4.69) is 29.8 Å². The molecule has 0 aliphatic rings. The quantitative estimate of drug-likeness (QED) is 0.922. The lowest BCUT2D eigenvalue weighted by Crippen LogP contribution is -2.31. The van der Waals surface area contributed by atoms with Gasteiger partial charge in [0, 0.05) is 11.0 Å². The first-order valence-corrected chi connectivity index (χ1v) is 6.03. The van der Waals surface area contributed by atoms with Crippen molar-refractivity contribution in [2.75, 3.05) is 6.54 Å². The Balaban J connectivity index is 2.79. The molecule has 0 aliphatic heterocycles. The lowest BCUT2D eigenvalue weighted by Gasteiger charge is -2.21.